The van der Waals surface area contributed by atoms with Crippen LogP contribution in [0, 0.1) is 27.7 Å². The minimum absolute atomic E-state index is 0.0541. The summed E-state index contributed by atoms with van der Waals surface area (Å²) in [6, 6.07) is 21.1. The number of rotatable bonds is 4. The van der Waals surface area contributed by atoms with E-state index < -0.39 is 0 Å². The second-order valence-corrected chi connectivity index (χ2v) is 7.77. The van der Waals surface area contributed by atoms with Crippen LogP contribution in [-0.2, 0) is 0 Å². The van der Waals surface area contributed by atoms with Gasteiger partial charge >= 0.3 is 0 Å². The minimum atomic E-state index is 0.0541. The second kappa shape index (κ2) is 7.20. The summed E-state index contributed by atoms with van der Waals surface area (Å²) < 4.78 is 12.6. The molecule has 4 rings (SSSR count). The molecule has 0 unspecified atom stereocenters. The van der Waals surface area contributed by atoms with Gasteiger partial charge in [-0.3, -0.25) is 0 Å². The lowest BCUT2D eigenvalue weighted by atomic mass is 10.00. The van der Waals surface area contributed by atoms with Crippen molar-refractivity contribution in [1.29, 1.82) is 0 Å². The Labute approximate surface area is 166 Å². The van der Waals surface area contributed by atoms with Crippen molar-refractivity contribution >= 4 is 0 Å². The Balaban J connectivity index is 1.67. The normalized spacial score (nSPS) is 11.4. The van der Waals surface area contributed by atoms with Crippen molar-refractivity contribution in [3.63, 3.8) is 0 Å². The first kappa shape index (κ1) is 18.4. The molecule has 0 saturated carbocycles. The van der Waals surface area contributed by atoms with Crippen LogP contribution in [-0.4, -0.2) is 0 Å². The van der Waals surface area contributed by atoms with Crippen LogP contribution in [0.5, 0.6) is 0 Å². The van der Waals surface area contributed by atoms with E-state index in [-0.39, 0.29) is 5.92 Å². The van der Waals surface area contributed by atoms with Gasteiger partial charge in [0.2, 0.25) is 0 Å². The molecule has 142 valence electrons. The molecule has 2 aromatic heterocycles. The van der Waals surface area contributed by atoms with Gasteiger partial charge in [0.05, 0.1) is 5.92 Å². The Bertz CT molecular complexity index is 1000. The van der Waals surface area contributed by atoms with Gasteiger partial charge in [-0.05, 0) is 57.9 Å². The molecule has 0 amide bonds. The van der Waals surface area contributed by atoms with Gasteiger partial charge in [0, 0.05) is 11.1 Å². The lowest BCUT2D eigenvalue weighted by Crippen LogP contribution is -1.96. The first-order chi connectivity index (χ1) is 13.4. The van der Waals surface area contributed by atoms with Gasteiger partial charge < -0.3 is 8.83 Å². The largest absolute Gasteiger partial charge is 0.460 e. The van der Waals surface area contributed by atoms with Crippen LogP contribution in [0.1, 0.15) is 46.6 Å². The number of hydrogen-bond acceptors (Lipinski definition) is 2. The highest BCUT2D eigenvalue weighted by Gasteiger charge is 2.23. The summed E-state index contributed by atoms with van der Waals surface area (Å²) in [6.07, 6.45) is 0. The van der Waals surface area contributed by atoms with E-state index in [1.54, 1.807) is 0 Å². The molecule has 2 aromatic carbocycles. The van der Waals surface area contributed by atoms with E-state index in [4.69, 9.17) is 8.83 Å². The molecule has 0 aliphatic heterocycles. The van der Waals surface area contributed by atoms with Crippen LogP contribution < -0.4 is 0 Å². The molecule has 2 nitrogen and oxygen atoms in total. The maximum Gasteiger partial charge on any atom is 0.134 e. The monoisotopic (exact) mass is 370 g/mol. The highest BCUT2D eigenvalue weighted by atomic mass is 16.4. The van der Waals surface area contributed by atoms with Crippen molar-refractivity contribution in [2.24, 2.45) is 0 Å². The first-order valence-corrected chi connectivity index (χ1v) is 9.77. The first-order valence-electron chi connectivity index (χ1n) is 9.77. The molecule has 0 spiro atoms. The Hall–Kier alpha value is -3.00. The molecular formula is C26H26O2. The number of furan rings is 2. The summed E-state index contributed by atoms with van der Waals surface area (Å²) in [7, 11) is 0. The van der Waals surface area contributed by atoms with E-state index in [9.17, 15) is 0 Å². The van der Waals surface area contributed by atoms with Gasteiger partial charge in [-0.15, -0.1) is 0 Å². The lowest BCUT2D eigenvalue weighted by Gasteiger charge is -2.09. The van der Waals surface area contributed by atoms with Crippen molar-refractivity contribution in [2.45, 2.75) is 40.5 Å². The standard InChI is InChI=1S/C26H26O2/c1-16-6-10-21(11-7-16)23-14-18(3)25(27-23)20(5)26-19(4)15-24(28-26)22-12-8-17(2)9-13-22/h6-15,20H,1-5H3. The Morgan fingerprint density at radius 2 is 0.929 bits per heavy atom. The topological polar surface area (TPSA) is 26.3 Å². The highest BCUT2D eigenvalue weighted by Crippen LogP contribution is 2.37. The lowest BCUT2D eigenvalue weighted by molar-refractivity contribution is 0.446. The molecule has 4 aromatic rings. The van der Waals surface area contributed by atoms with E-state index in [2.05, 4.69) is 95.3 Å². The van der Waals surface area contributed by atoms with Crippen molar-refractivity contribution < 1.29 is 8.83 Å². The van der Waals surface area contributed by atoms with Gasteiger partial charge in [0.25, 0.3) is 0 Å². The number of aryl methyl sites for hydroxylation is 4. The Morgan fingerprint density at radius 3 is 1.29 bits per heavy atom. The fourth-order valence-electron chi connectivity index (χ4n) is 3.69. The van der Waals surface area contributed by atoms with Crippen LogP contribution in [0.4, 0.5) is 0 Å². The van der Waals surface area contributed by atoms with E-state index in [0.717, 1.165) is 45.3 Å². The predicted molar refractivity (Wildman–Crippen MR) is 115 cm³/mol. The van der Waals surface area contributed by atoms with E-state index in [1.165, 1.54) is 11.1 Å². The summed E-state index contributed by atoms with van der Waals surface area (Å²) in [6.45, 7) is 10.5. The van der Waals surface area contributed by atoms with Crippen LogP contribution in [0.2, 0.25) is 0 Å². The van der Waals surface area contributed by atoms with Crippen molar-refractivity contribution in [3.8, 4) is 22.6 Å². The van der Waals surface area contributed by atoms with Crippen molar-refractivity contribution in [3.05, 3.63) is 94.4 Å². The summed E-state index contributed by atoms with van der Waals surface area (Å²) in [5.41, 5.74) is 6.99. The summed E-state index contributed by atoms with van der Waals surface area (Å²) in [4.78, 5) is 0. The molecule has 0 saturated heterocycles. The molecule has 2 heterocycles. The van der Waals surface area contributed by atoms with Gasteiger partial charge in [-0.25, -0.2) is 0 Å². The van der Waals surface area contributed by atoms with Crippen LogP contribution in [0.25, 0.3) is 22.6 Å². The van der Waals surface area contributed by atoms with Gasteiger partial charge in [0.1, 0.15) is 23.0 Å². The van der Waals surface area contributed by atoms with Gasteiger partial charge in [-0.2, -0.15) is 0 Å². The fourth-order valence-corrected chi connectivity index (χ4v) is 3.69. The summed E-state index contributed by atoms with van der Waals surface area (Å²) >= 11 is 0. The molecule has 0 bridgehead atoms. The number of hydrogen-bond donors (Lipinski definition) is 0. The smallest absolute Gasteiger partial charge is 0.134 e. The minimum Gasteiger partial charge on any atom is -0.460 e. The average molecular weight is 370 g/mol. The van der Waals surface area contributed by atoms with Crippen LogP contribution in [0.3, 0.4) is 0 Å². The third-order valence-electron chi connectivity index (χ3n) is 5.37. The molecule has 2 heteroatoms. The Kier molecular flexibility index (Phi) is 4.72. The second-order valence-electron chi connectivity index (χ2n) is 7.77. The zero-order valence-electron chi connectivity index (χ0n) is 17.2. The maximum absolute atomic E-state index is 6.28. The molecule has 0 aliphatic carbocycles. The van der Waals surface area contributed by atoms with Crippen molar-refractivity contribution in [2.75, 3.05) is 0 Å². The Morgan fingerprint density at radius 1 is 0.571 bits per heavy atom. The molecule has 0 radical (unpaired) electrons. The third-order valence-corrected chi connectivity index (χ3v) is 5.37. The zero-order valence-corrected chi connectivity index (χ0v) is 17.2. The highest BCUT2D eigenvalue weighted by molar-refractivity contribution is 5.61. The van der Waals surface area contributed by atoms with E-state index >= 15 is 0 Å². The summed E-state index contributed by atoms with van der Waals surface area (Å²) in [5, 5.41) is 0. The third kappa shape index (κ3) is 3.43. The fraction of sp³-hybridized carbons (Fsp3) is 0.231. The quantitative estimate of drug-likeness (QED) is 0.370. The van der Waals surface area contributed by atoms with Crippen molar-refractivity contribution in [1.82, 2.24) is 0 Å². The van der Waals surface area contributed by atoms with E-state index in [0.29, 0.717) is 0 Å². The predicted octanol–water partition coefficient (Wildman–Crippen LogP) is 7.59. The van der Waals surface area contributed by atoms with E-state index in [1.807, 2.05) is 0 Å². The van der Waals surface area contributed by atoms with Crippen LogP contribution >= 0.6 is 0 Å². The summed E-state index contributed by atoms with van der Waals surface area (Å²) in [5.74, 6) is 3.79. The number of benzene rings is 2. The molecule has 0 atom stereocenters. The molecule has 28 heavy (non-hydrogen) atoms. The zero-order chi connectivity index (χ0) is 19.8. The van der Waals surface area contributed by atoms with Gasteiger partial charge in [0.15, 0.2) is 0 Å². The van der Waals surface area contributed by atoms with Gasteiger partial charge in [-0.1, -0.05) is 59.7 Å². The maximum atomic E-state index is 6.28. The SMILES string of the molecule is Cc1ccc(-c2cc(C)c(C(C)c3oc(-c4ccc(C)cc4)cc3C)o2)cc1. The van der Waals surface area contributed by atoms with Crippen LogP contribution in [0.15, 0.2) is 69.5 Å². The molecule has 0 N–H and O–H groups in total. The molecule has 0 fully saturated rings. The molecule has 0 aliphatic rings. The molecular weight excluding hydrogens is 344 g/mol. The average Bonchev–Trinajstić information content (AvgIpc) is 3.25.